The zero-order valence-electron chi connectivity index (χ0n) is 9.96. The molecule has 1 fully saturated rings. The van der Waals surface area contributed by atoms with Gasteiger partial charge in [-0.1, -0.05) is 23.2 Å². The largest absolute Gasteiger partial charge is 0.352 e. The van der Waals surface area contributed by atoms with Crippen molar-refractivity contribution in [3.8, 4) is 0 Å². The maximum atomic E-state index is 11.9. The normalized spacial score (nSPS) is 23.1. The fourth-order valence-electron chi connectivity index (χ4n) is 2.28. The predicted octanol–water partition coefficient (Wildman–Crippen LogP) is 2.85. The van der Waals surface area contributed by atoms with Gasteiger partial charge in [0.25, 0.3) is 5.91 Å². The molecule has 0 heterocycles. The summed E-state index contributed by atoms with van der Waals surface area (Å²) in [5.74, 6) is 0.376. The Morgan fingerprint density at radius 2 is 2.11 bits per heavy atom. The van der Waals surface area contributed by atoms with Gasteiger partial charge in [-0.2, -0.15) is 0 Å². The van der Waals surface area contributed by atoms with Crippen molar-refractivity contribution in [2.45, 2.75) is 25.3 Å². The third-order valence-electron chi connectivity index (χ3n) is 3.31. The second-order valence-corrected chi connectivity index (χ2v) is 5.59. The number of amides is 1. The van der Waals surface area contributed by atoms with Crippen LogP contribution in [0.25, 0.3) is 0 Å². The van der Waals surface area contributed by atoms with Crippen molar-refractivity contribution < 1.29 is 4.79 Å². The molecule has 1 saturated carbocycles. The van der Waals surface area contributed by atoms with Gasteiger partial charge in [-0.25, -0.2) is 0 Å². The van der Waals surface area contributed by atoms with Gasteiger partial charge in [0.2, 0.25) is 0 Å². The zero-order valence-corrected chi connectivity index (χ0v) is 11.5. The highest BCUT2D eigenvalue weighted by Gasteiger charge is 2.22. The molecule has 0 aromatic heterocycles. The lowest BCUT2D eigenvalue weighted by Gasteiger charge is -2.11. The monoisotopic (exact) mass is 286 g/mol. The van der Waals surface area contributed by atoms with E-state index in [4.69, 9.17) is 28.9 Å². The maximum absolute atomic E-state index is 11.9. The van der Waals surface area contributed by atoms with Gasteiger partial charge in [0.05, 0.1) is 10.0 Å². The van der Waals surface area contributed by atoms with Crippen LogP contribution in [0.4, 0.5) is 0 Å². The molecule has 0 radical (unpaired) electrons. The van der Waals surface area contributed by atoms with Crippen LogP contribution < -0.4 is 11.1 Å². The summed E-state index contributed by atoms with van der Waals surface area (Å²) in [5, 5.41) is 3.76. The Bertz CT molecular complexity index is 451. The van der Waals surface area contributed by atoms with E-state index in [0.29, 0.717) is 28.1 Å². The van der Waals surface area contributed by atoms with E-state index in [0.717, 1.165) is 19.3 Å². The number of halogens is 2. The average molecular weight is 287 g/mol. The van der Waals surface area contributed by atoms with Gasteiger partial charge in [0.15, 0.2) is 0 Å². The van der Waals surface area contributed by atoms with Crippen molar-refractivity contribution in [1.82, 2.24) is 5.32 Å². The topological polar surface area (TPSA) is 55.1 Å². The van der Waals surface area contributed by atoms with E-state index >= 15 is 0 Å². The second-order valence-electron chi connectivity index (χ2n) is 4.78. The van der Waals surface area contributed by atoms with Gasteiger partial charge in [0, 0.05) is 18.2 Å². The van der Waals surface area contributed by atoms with E-state index in [-0.39, 0.29) is 11.9 Å². The van der Waals surface area contributed by atoms with Crippen molar-refractivity contribution in [2.75, 3.05) is 6.54 Å². The predicted molar refractivity (Wildman–Crippen MR) is 74.1 cm³/mol. The molecule has 1 aliphatic carbocycles. The Labute approximate surface area is 117 Å². The van der Waals surface area contributed by atoms with Gasteiger partial charge in [-0.15, -0.1) is 0 Å². The molecule has 0 spiro atoms. The highest BCUT2D eigenvalue weighted by Crippen LogP contribution is 2.24. The van der Waals surface area contributed by atoms with E-state index in [9.17, 15) is 4.79 Å². The third kappa shape index (κ3) is 3.37. The molecule has 5 heteroatoms. The van der Waals surface area contributed by atoms with Crippen molar-refractivity contribution in [1.29, 1.82) is 0 Å². The molecule has 3 N–H and O–H groups in total. The van der Waals surface area contributed by atoms with E-state index in [2.05, 4.69) is 5.32 Å². The number of hydrogen-bond donors (Lipinski definition) is 2. The molecule has 2 atom stereocenters. The Balaban J connectivity index is 1.89. The second kappa shape index (κ2) is 5.91. The Morgan fingerprint density at radius 1 is 1.33 bits per heavy atom. The zero-order chi connectivity index (χ0) is 13.1. The Hall–Kier alpha value is -0.770. The first-order chi connectivity index (χ1) is 8.56. The lowest BCUT2D eigenvalue weighted by atomic mass is 10.1. The lowest BCUT2D eigenvalue weighted by Crippen LogP contribution is -2.29. The first kappa shape index (κ1) is 13.7. The van der Waals surface area contributed by atoms with Crippen LogP contribution in [0.1, 0.15) is 29.6 Å². The van der Waals surface area contributed by atoms with Gasteiger partial charge in [-0.3, -0.25) is 4.79 Å². The fourth-order valence-corrected chi connectivity index (χ4v) is 2.57. The van der Waals surface area contributed by atoms with E-state index in [1.165, 1.54) is 0 Å². The van der Waals surface area contributed by atoms with Gasteiger partial charge in [0.1, 0.15) is 0 Å². The third-order valence-corrected chi connectivity index (χ3v) is 4.05. The van der Waals surface area contributed by atoms with Crippen molar-refractivity contribution in [2.24, 2.45) is 11.7 Å². The summed E-state index contributed by atoms with van der Waals surface area (Å²) in [6.07, 6.45) is 3.12. The molecule has 98 valence electrons. The van der Waals surface area contributed by atoms with Gasteiger partial charge < -0.3 is 11.1 Å². The SMILES string of the molecule is NC1CCC(CNC(=O)c2ccc(Cl)c(Cl)c2)C1. The number of nitrogens with one attached hydrogen (secondary N) is 1. The van der Waals surface area contributed by atoms with E-state index in [1.807, 2.05) is 0 Å². The van der Waals surface area contributed by atoms with E-state index < -0.39 is 0 Å². The summed E-state index contributed by atoms with van der Waals surface area (Å²) in [4.78, 5) is 11.9. The highest BCUT2D eigenvalue weighted by atomic mass is 35.5. The molecule has 3 nitrogen and oxygen atoms in total. The summed E-state index contributed by atoms with van der Waals surface area (Å²) < 4.78 is 0. The molecule has 0 aliphatic heterocycles. The van der Waals surface area contributed by atoms with Crippen LogP contribution in [0, 0.1) is 5.92 Å². The summed E-state index contributed by atoms with van der Waals surface area (Å²) in [7, 11) is 0. The number of nitrogens with two attached hydrogens (primary N) is 1. The maximum Gasteiger partial charge on any atom is 0.251 e. The molecule has 0 saturated heterocycles. The molecule has 1 aromatic carbocycles. The lowest BCUT2D eigenvalue weighted by molar-refractivity contribution is 0.0947. The highest BCUT2D eigenvalue weighted by molar-refractivity contribution is 6.42. The fraction of sp³-hybridized carbons (Fsp3) is 0.462. The summed E-state index contributed by atoms with van der Waals surface area (Å²) >= 11 is 11.7. The van der Waals surface area contributed by atoms with Gasteiger partial charge in [-0.05, 0) is 43.4 Å². The van der Waals surface area contributed by atoms with Gasteiger partial charge >= 0.3 is 0 Å². The molecule has 1 aromatic rings. The van der Waals surface area contributed by atoms with E-state index in [1.54, 1.807) is 18.2 Å². The van der Waals surface area contributed by atoms with Crippen molar-refractivity contribution in [3.05, 3.63) is 33.8 Å². The summed E-state index contributed by atoms with van der Waals surface area (Å²) in [5.41, 5.74) is 6.37. The molecule has 1 aliphatic rings. The standard InChI is InChI=1S/C13H16Cl2N2O/c14-11-4-2-9(6-12(11)15)13(18)17-7-8-1-3-10(16)5-8/h2,4,6,8,10H,1,3,5,7,16H2,(H,17,18). The molecule has 2 unspecified atom stereocenters. The van der Waals surface area contributed by atoms with Crippen LogP contribution in [-0.2, 0) is 0 Å². The smallest absolute Gasteiger partial charge is 0.251 e. The molecule has 0 bridgehead atoms. The molecular weight excluding hydrogens is 271 g/mol. The van der Waals surface area contributed by atoms with Crippen LogP contribution in [0.5, 0.6) is 0 Å². The minimum Gasteiger partial charge on any atom is -0.352 e. The average Bonchev–Trinajstić information content (AvgIpc) is 2.75. The van der Waals surface area contributed by atoms with Crippen LogP contribution in [0.3, 0.4) is 0 Å². The first-order valence-electron chi connectivity index (χ1n) is 6.05. The number of hydrogen-bond acceptors (Lipinski definition) is 2. The van der Waals surface area contributed by atoms with Crippen molar-refractivity contribution >= 4 is 29.1 Å². The van der Waals surface area contributed by atoms with Crippen LogP contribution in [0.15, 0.2) is 18.2 Å². The summed E-state index contributed by atoms with van der Waals surface area (Å²) in [6, 6.07) is 5.17. The molecule has 18 heavy (non-hydrogen) atoms. The number of carbonyl (C=O) groups excluding carboxylic acids is 1. The van der Waals surface area contributed by atoms with Crippen LogP contribution >= 0.6 is 23.2 Å². The number of benzene rings is 1. The minimum absolute atomic E-state index is 0.117. The summed E-state index contributed by atoms with van der Waals surface area (Å²) in [6.45, 7) is 0.673. The molecular formula is C13H16Cl2N2O. The van der Waals surface area contributed by atoms with Crippen LogP contribution in [-0.4, -0.2) is 18.5 Å². The number of carbonyl (C=O) groups is 1. The quantitative estimate of drug-likeness (QED) is 0.898. The first-order valence-corrected chi connectivity index (χ1v) is 6.80. The van der Waals surface area contributed by atoms with Crippen LogP contribution in [0.2, 0.25) is 10.0 Å². The number of rotatable bonds is 3. The molecule has 1 amide bonds. The van der Waals surface area contributed by atoms with Crippen molar-refractivity contribution in [3.63, 3.8) is 0 Å². The minimum atomic E-state index is -0.117. The Morgan fingerprint density at radius 3 is 2.72 bits per heavy atom. The molecule has 2 rings (SSSR count). The Kier molecular flexibility index (Phi) is 4.49.